The van der Waals surface area contributed by atoms with Gasteiger partial charge in [-0.15, -0.1) is 0 Å². The topological polar surface area (TPSA) is 3.88 Å². The third kappa shape index (κ3) is 7.76. The van der Waals surface area contributed by atoms with Gasteiger partial charge in [-0.3, -0.25) is 0 Å². The molecule has 2 aliphatic rings. The van der Waals surface area contributed by atoms with Crippen molar-refractivity contribution in [1.29, 1.82) is 0 Å². The van der Waals surface area contributed by atoms with E-state index >= 15 is 35.1 Å². The molecule has 1 nitrogen and oxygen atoms in total. The minimum Gasteiger partial charge on any atom is -0.415 e. The third-order valence-corrected chi connectivity index (χ3v) is 15.2. The maximum atomic E-state index is 16.4. The molecule has 13 heteroatoms. The van der Waals surface area contributed by atoms with Crippen LogP contribution in [-0.4, -0.2) is 17.3 Å². The molecule has 2 saturated carbocycles. The molecule has 2 fully saturated rings. The Morgan fingerprint density at radius 2 is 0.849 bits per heavy atom. The van der Waals surface area contributed by atoms with Gasteiger partial charge >= 0.3 is 6.00 Å². The molecule has 2 aliphatic carbocycles. The zero-order chi connectivity index (χ0) is 38.8. The van der Waals surface area contributed by atoms with Crippen LogP contribution in [0.25, 0.3) is 0 Å². The van der Waals surface area contributed by atoms with Gasteiger partial charge in [0, 0.05) is 12.1 Å². The van der Waals surface area contributed by atoms with Crippen molar-refractivity contribution in [3.05, 3.63) is 124 Å². The monoisotopic (exact) mass is 769 g/mol. The molecule has 53 heavy (non-hydrogen) atoms. The van der Waals surface area contributed by atoms with Crippen molar-refractivity contribution in [3.63, 3.8) is 0 Å². The number of nitrogens with zero attached hydrogens (tertiary/aromatic N) is 1. The Hall–Kier alpha value is -3.40. The van der Waals surface area contributed by atoms with Gasteiger partial charge < -0.3 is 4.48 Å². The van der Waals surface area contributed by atoms with Crippen molar-refractivity contribution in [2.75, 3.05) is 0 Å². The van der Waals surface area contributed by atoms with Crippen LogP contribution in [0.4, 0.5) is 43.9 Å². The van der Waals surface area contributed by atoms with Gasteiger partial charge in [0.25, 0.3) is 0 Å². The van der Waals surface area contributed by atoms with Crippen molar-refractivity contribution in [1.82, 2.24) is 0 Å². The van der Waals surface area contributed by atoms with E-state index in [2.05, 4.69) is 19.1 Å². The highest BCUT2D eigenvalue weighted by Gasteiger charge is 2.59. The van der Waals surface area contributed by atoms with Crippen LogP contribution in [0.2, 0.25) is 0 Å². The van der Waals surface area contributed by atoms with Crippen molar-refractivity contribution < 1.29 is 48.4 Å². The van der Waals surface area contributed by atoms with E-state index < -0.39 is 99.6 Å². The first kappa shape index (κ1) is 40.8. The lowest BCUT2D eigenvalue weighted by Crippen LogP contribution is -2.81. The summed E-state index contributed by atoms with van der Waals surface area (Å²) in [4.78, 5) is 0. The zero-order valence-corrected chi connectivity index (χ0v) is 31.1. The second-order valence-corrected chi connectivity index (χ2v) is 18.3. The van der Waals surface area contributed by atoms with Crippen LogP contribution < -0.4 is 15.4 Å². The molecule has 0 bridgehead atoms. The number of hydrogen-bond acceptors (Lipinski definition) is 0. The molecule has 4 aromatic rings. The summed E-state index contributed by atoms with van der Waals surface area (Å²) >= 11 is 0. The van der Waals surface area contributed by atoms with Crippen LogP contribution in [0.3, 0.4) is 0 Å². The van der Waals surface area contributed by atoms with Gasteiger partial charge in [0.15, 0.2) is 34.9 Å². The van der Waals surface area contributed by atoms with Gasteiger partial charge in [0.1, 0.15) is 35.7 Å². The highest BCUT2D eigenvalue weighted by Crippen LogP contribution is 2.61. The second kappa shape index (κ2) is 16.5. The molecule has 0 atom stereocenters. The molecule has 0 unspecified atom stereocenters. The standard InChI is InChI=1S/C33H35BF10NP.C7H8/c1-33(2,3)18-14-16-45(17-15-18)34(21-23(35)27(39)31(43)28(40)24(21)36,22-25(37)29(41)32(44)30(42)26(22)38)46(19-10-6-4-7-11-19)20-12-8-5-9-13-20;1-7-5-3-2-4-6-7/h14-17,19-20H,4-13H2,1-3H3;2-6H,1H3. The molecule has 0 aliphatic heterocycles. The van der Waals surface area contributed by atoms with E-state index in [9.17, 15) is 8.78 Å². The summed E-state index contributed by atoms with van der Waals surface area (Å²) in [6.07, 6.45) is 8.06. The van der Waals surface area contributed by atoms with Gasteiger partial charge in [-0.2, -0.15) is 7.80 Å². The first-order chi connectivity index (χ1) is 25.0. The van der Waals surface area contributed by atoms with Crippen molar-refractivity contribution in [3.8, 4) is 0 Å². The normalized spacial score (nSPS) is 16.1. The fourth-order valence-corrected chi connectivity index (χ4v) is 13.5. The number of pyridine rings is 1. The third-order valence-electron chi connectivity index (χ3n) is 10.8. The molecule has 1 aromatic heterocycles. The Labute approximate surface area is 305 Å². The molecule has 0 radical (unpaired) electrons. The maximum absolute atomic E-state index is 16.4. The number of hydrogen-bond donors (Lipinski definition) is 0. The number of rotatable bonds is 6. The number of aryl methyl sites for hydroxylation is 1. The Kier molecular flexibility index (Phi) is 12.7. The van der Waals surface area contributed by atoms with Gasteiger partial charge in [-0.1, -0.05) is 95.2 Å². The van der Waals surface area contributed by atoms with Crippen LogP contribution in [-0.2, 0) is 5.41 Å². The lowest BCUT2D eigenvalue weighted by molar-refractivity contribution is -0.537. The molecule has 6 rings (SSSR count). The molecular formula is C40H43BF10NP. The first-order valence-electron chi connectivity index (χ1n) is 18.1. The van der Waals surface area contributed by atoms with Crippen LogP contribution in [0.15, 0.2) is 54.9 Å². The van der Waals surface area contributed by atoms with Gasteiger partial charge in [-0.25, -0.2) is 43.9 Å². The van der Waals surface area contributed by atoms with Gasteiger partial charge in [0.2, 0.25) is 0 Å². The van der Waals surface area contributed by atoms with Crippen LogP contribution in [0, 0.1) is 65.1 Å². The summed E-state index contributed by atoms with van der Waals surface area (Å²) in [5.41, 5.74) is -2.74. The Morgan fingerprint density at radius 3 is 1.15 bits per heavy atom. The summed E-state index contributed by atoms with van der Waals surface area (Å²) in [6.45, 7) is 7.61. The first-order valence-corrected chi connectivity index (χ1v) is 19.6. The molecule has 286 valence electrons. The zero-order valence-electron chi connectivity index (χ0n) is 30.2. The molecular weight excluding hydrogens is 726 g/mol. The molecule has 0 amide bonds. The number of halogens is 10. The van der Waals surface area contributed by atoms with E-state index in [0.717, 1.165) is 17.3 Å². The van der Waals surface area contributed by atoms with Crippen LogP contribution in [0.1, 0.15) is 96.1 Å². The minimum atomic E-state index is -4.13. The summed E-state index contributed by atoms with van der Waals surface area (Å²) < 4.78 is 156. The van der Waals surface area contributed by atoms with E-state index in [4.69, 9.17) is 0 Å². The van der Waals surface area contributed by atoms with E-state index in [1.165, 1.54) is 30.1 Å². The van der Waals surface area contributed by atoms with E-state index in [-0.39, 0.29) is 0 Å². The fraction of sp³-hybridized carbons (Fsp3) is 0.425. The van der Waals surface area contributed by atoms with Crippen molar-refractivity contribution in [2.24, 2.45) is 0 Å². The molecule has 0 spiro atoms. The Balaban J connectivity index is 0.000000693. The van der Waals surface area contributed by atoms with Gasteiger partial charge in [-0.05, 0) is 65.8 Å². The van der Waals surface area contributed by atoms with E-state index in [0.29, 0.717) is 56.9 Å². The summed E-state index contributed by atoms with van der Waals surface area (Å²) in [5, 5.41) is 0. The highest BCUT2D eigenvalue weighted by atomic mass is 31.1. The molecule has 1 heterocycles. The average Bonchev–Trinajstić information content (AvgIpc) is 3.16. The molecule has 3 aromatic carbocycles. The average molecular weight is 770 g/mol. The maximum Gasteiger partial charge on any atom is 0.365 e. The molecule has 0 N–H and O–H groups in total. The van der Waals surface area contributed by atoms with Crippen molar-refractivity contribution >= 4 is 24.7 Å². The van der Waals surface area contributed by atoms with Gasteiger partial charge in [0.05, 0.1) is 0 Å². The smallest absolute Gasteiger partial charge is 0.365 e. The van der Waals surface area contributed by atoms with Crippen molar-refractivity contribution in [2.45, 2.75) is 109 Å². The van der Waals surface area contributed by atoms with Crippen LogP contribution in [0.5, 0.6) is 0 Å². The highest BCUT2D eigenvalue weighted by molar-refractivity contribution is 7.98. The summed E-state index contributed by atoms with van der Waals surface area (Å²) in [5.74, 6) is -23.9. The lowest BCUT2D eigenvalue weighted by Gasteiger charge is -2.52. The predicted molar refractivity (Wildman–Crippen MR) is 190 cm³/mol. The lowest BCUT2D eigenvalue weighted by atomic mass is 9.46. The number of aromatic nitrogens is 1. The quantitative estimate of drug-likeness (QED) is 0.0605. The molecule has 0 saturated heterocycles. The minimum absolute atomic E-state index is 0.400. The summed E-state index contributed by atoms with van der Waals surface area (Å²) in [7, 11) is -2.29. The number of benzene rings is 3. The Morgan fingerprint density at radius 1 is 0.509 bits per heavy atom. The second-order valence-electron chi connectivity index (χ2n) is 15.2. The summed E-state index contributed by atoms with van der Waals surface area (Å²) in [6, 6.07) is 9.09. The Bertz CT molecular complexity index is 1760. The largest absolute Gasteiger partial charge is 0.415 e. The predicted octanol–water partition coefficient (Wildman–Crippen LogP) is 10.9. The van der Waals surface area contributed by atoms with E-state index in [1.54, 1.807) is 0 Å². The van der Waals surface area contributed by atoms with Crippen LogP contribution >= 0.6 is 7.80 Å². The fourth-order valence-electron chi connectivity index (χ4n) is 8.23. The SMILES string of the molecule is CC(C)(C)c1cc[n+]([B-](c2c(F)c(F)c(F)c(F)c2F)(c2c(F)c(F)c(F)c(F)c2F)P(C2CCCCC2)C2CCCCC2)cc1.Cc1ccccc1. The van der Waals surface area contributed by atoms with E-state index in [1.807, 2.05) is 39.0 Å².